The van der Waals surface area contributed by atoms with Gasteiger partial charge >= 0.3 is 0 Å². The summed E-state index contributed by atoms with van der Waals surface area (Å²) in [6.45, 7) is 9.61. The third kappa shape index (κ3) is 3.53. The summed E-state index contributed by atoms with van der Waals surface area (Å²) >= 11 is 0. The Hall–Kier alpha value is -1.06. The number of nitrogens with one attached hydrogen (secondary N) is 1. The van der Waals surface area contributed by atoms with Gasteiger partial charge in [-0.1, -0.05) is 32.0 Å². The van der Waals surface area contributed by atoms with Crippen LogP contribution in [0.2, 0.25) is 0 Å². The van der Waals surface area contributed by atoms with Crippen LogP contribution in [-0.2, 0) is 6.42 Å². The maximum Gasteiger partial charge on any atom is 0.0627 e. The number of para-hydroxylation sites is 1. The zero-order chi connectivity index (χ0) is 14.6. The molecule has 1 aliphatic heterocycles. The van der Waals surface area contributed by atoms with Crippen LogP contribution in [0.5, 0.6) is 0 Å². The summed E-state index contributed by atoms with van der Waals surface area (Å²) in [5, 5.41) is 13.3. The summed E-state index contributed by atoms with van der Waals surface area (Å²) in [6, 6.07) is 8.67. The van der Waals surface area contributed by atoms with E-state index in [9.17, 15) is 5.11 Å². The fraction of sp³-hybridized carbons (Fsp3) is 0.647. The monoisotopic (exact) mass is 276 g/mol. The summed E-state index contributed by atoms with van der Waals surface area (Å²) in [4.78, 5) is 2.43. The molecule has 0 aliphatic carbocycles. The van der Waals surface area contributed by atoms with Gasteiger partial charge in [0.1, 0.15) is 0 Å². The van der Waals surface area contributed by atoms with Crippen LogP contribution >= 0.6 is 0 Å². The van der Waals surface area contributed by atoms with Gasteiger partial charge in [0.25, 0.3) is 0 Å². The SMILES string of the molecule is CCCNC(C)(CO)CN1CC(C)Cc2ccccc21. The Balaban J connectivity index is 2.16. The van der Waals surface area contributed by atoms with Gasteiger partial charge in [-0.25, -0.2) is 0 Å². The lowest BCUT2D eigenvalue weighted by Gasteiger charge is -2.41. The Kier molecular flexibility index (Phi) is 5.06. The summed E-state index contributed by atoms with van der Waals surface area (Å²) in [7, 11) is 0. The number of hydrogen-bond acceptors (Lipinski definition) is 3. The number of aliphatic hydroxyl groups is 1. The summed E-state index contributed by atoms with van der Waals surface area (Å²) in [5.41, 5.74) is 2.53. The molecule has 20 heavy (non-hydrogen) atoms. The van der Waals surface area contributed by atoms with Gasteiger partial charge in [-0.15, -0.1) is 0 Å². The molecule has 2 unspecified atom stereocenters. The van der Waals surface area contributed by atoms with Crippen molar-refractivity contribution >= 4 is 5.69 Å². The highest BCUT2D eigenvalue weighted by molar-refractivity contribution is 5.56. The van der Waals surface area contributed by atoms with Crippen molar-refractivity contribution in [2.24, 2.45) is 5.92 Å². The van der Waals surface area contributed by atoms with Gasteiger partial charge in [-0.2, -0.15) is 0 Å². The molecule has 3 nitrogen and oxygen atoms in total. The second-order valence-corrected chi connectivity index (χ2v) is 6.46. The molecule has 2 N–H and O–H groups in total. The summed E-state index contributed by atoms with van der Waals surface area (Å²) in [6.07, 6.45) is 2.24. The zero-order valence-electron chi connectivity index (χ0n) is 13.0. The van der Waals surface area contributed by atoms with E-state index in [-0.39, 0.29) is 12.1 Å². The van der Waals surface area contributed by atoms with E-state index in [1.807, 2.05) is 0 Å². The molecule has 0 bridgehead atoms. The Labute approximate surface area is 123 Å². The predicted octanol–water partition coefficient (Wildman–Crippen LogP) is 2.44. The van der Waals surface area contributed by atoms with Crippen LogP contribution in [0.1, 0.15) is 32.8 Å². The first-order valence-corrected chi connectivity index (χ1v) is 7.76. The standard InChI is InChI=1S/C17H28N2O/c1-4-9-18-17(3,13-20)12-19-11-14(2)10-15-7-5-6-8-16(15)19/h5-8,14,18,20H,4,9-13H2,1-3H3. The highest BCUT2D eigenvalue weighted by Gasteiger charge is 2.29. The van der Waals surface area contributed by atoms with E-state index in [2.05, 4.69) is 55.3 Å². The van der Waals surface area contributed by atoms with Crippen molar-refractivity contribution in [1.29, 1.82) is 0 Å². The quantitative estimate of drug-likeness (QED) is 0.837. The number of hydrogen-bond donors (Lipinski definition) is 2. The molecule has 0 spiro atoms. The maximum atomic E-state index is 9.77. The normalized spacial score (nSPS) is 21.4. The third-order valence-corrected chi connectivity index (χ3v) is 4.12. The van der Waals surface area contributed by atoms with Gasteiger partial charge in [0.2, 0.25) is 0 Å². The van der Waals surface area contributed by atoms with E-state index >= 15 is 0 Å². The average Bonchev–Trinajstić information content (AvgIpc) is 2.45. The smallest absolute Gasteiger partial charge is 0.0627 e. The summed E-state index contributed by atoms with van der Waals surface area (Å²) < 4.78 is 0. The Morgan fingerprint density at radius 2 is 2.15 bits per heavy atom. The fourth-order valence-electron chi connectivity index (χ4n) is 3.07. The Morgan fingerprint density at radius 3 is 2.85 bits per heavy atom. The van der Waals surface area contributed by atoms with Crippen molar-refractivity contribution in [2.75, 3.05) is 31.1 Å². The van der Waals surface area contributed by atoms with Gasteiger partial charge in [-0.05, 0) is 43.9 Å². The molecule has 0 saturated heterocycles. The van der Waals surface area contributed by atoms with Crippen LogP contribution < -0.4 is 10.2 Å². The first-order valence-electron chi connectivity index (χ1n) is 7.76. The molecule has 1 aromatic carbocycles. The van der Waals surface area contributed by atoms with Crippen molar-refractivity contribution in [2.45, 2.75) is 39.2 Å². The molecule has 1 aromatic rings. The average molecular weight is 276 g/mol. The van der Waals surface area contributed by atoms with Gasteiger partial charge in [-0.3, -0.25) is 0 Å². The minimum absolute atomic E-state index is 0.167. The molecular weight excluding hydrogens is 248 g/mol. The first kappa shape index (κ1) is 15.3. The molecule has 0 saturated carbocycles. The predicted molar refractivity (Wildman–Crippen MR) is 85.3 cm³/mol. The van der Waals surface area contributed by atoms with E-state index < -0.39 is 0 Å². The maximum absolute atomic E-state index is 9.77. The van der Waals surface area contributed by atoms with E-state index in [4.69, 9.17) is 0 Å². The lowest BCUT2D eigenvalue weighted by atomic mass is 9.92. The van der Waals surface area contributed by atoms with Crippen molar-refractivity contribution in [3.05, 3.63) is 29.8 Å². The molecule has 1 aliphatic rings. The molecule has 3 heteroatoms. The molecule has 0 radical (unpaired) electrons. The second-order valence-electron chi connectivity index (χ2n) is 6.46. The summed E-state index contributed by atoms with van der Waals surface area (Å²) in [5.74, 6) is 0.666. The van der Waals surface area contributed by atoms with Crippen LogP contribution in [0.15, 0.2) is 24.3 Å². The Bertz CT molecular complexity index is 435. The van der Waals surface area contributed by atoms with Gasteiger partial charge in [0, 0.05) is 18.8 Å². The third-order valence-electron chi connectivity index (χ3n) is 4.12. The number of nitrogens with zero attached hydrogens (tertiary/aromatic N) is 1. The fourth-order valence-corrected chi connectivity index (χ4v) is 3.07. The lowest BCUT2D eigenvalue weighted by molar-refractivity contribution is 0.176. The van der Waals surface area contributed by atoms with E-state index in [1.165, 1.54) is 11.3 Å². The number of aliphatic hydroxyl groups excluding tert-OH is 1. The topological polar surface area (TPSA) is 35.5 Å². The molecule has 112 valence electrons. The van der Waals surface area contributed by atoms with Crippen molar-refractivity contribution in [1.82, 2.24) is 5.32 Å². The molecule has 0 fully saturated rings. The molecule has 2 atom stereocenters. The molecule has 0 amide bonds. The number of anilines is 1. The van der Waals surface area contributed by atoms with E-state index in [0.717, 1.165) is 32.5 Å². The van der Waals surface area contributed by atoms with Crippen molar-refractivity contribution in [3.63, 3.8) is 0 Å². The van der Waals surface area contributed by atoms with Crippen LogP contribution in [-0.4, -0.2) is 36.9 Å². The van der Waals surface area contributed by atoms with E-state index in [1.54, 1.807) is 0 Å². The van der Waals surface area contributed by atoms with Crippen LogP contribution in [0, 0.1) is 5.92 Å². The number of benzene rings is 1. The van der Waals surface area contributed by atoms with Gasteiger partial charge in [0.15, 0.2) is 0 Å². The van der Waals surface area contributed by atoms with E-state index in [0.29, 0.717) is 5.92 Å². The molecular formula is C17H28N2O. The zero-order valence-corrected chi connectivity index (χ0v) is 13.0. The lowest BCUT2D eigenvalue weighted by Crippen LogP contribution is -2.55. The molecule has 2 rings (SSSR count). The minimum Gasteiger partial charge on any atom is -0.394 e. The van der Waals surface area contributed by atoms with Crippen LogP contribution in [0.3, 0.4) is 0 Å². The van der Waals surface area contributed by atoms with Gasteiger partial charge < -0.3 is 15.3 Å². The largest absolute Gasteiger partial charge is 0.394 e. The van der Waals surface area contributed by atoms with Crippen LogP contribution in [0.4, 0.5) is 5.69 Å². The Morgan fingerprint density at radius 1 is 1.40 bits per heavy atom. The van der Waals surface area contributed by atoms with Crippen molar-refractivity contribution < 1.29 is 5.11 Å². The number of fused-ring (bicyclic) bond motifs is 1. The molecule has 1 heterocycles. The second kappa shape index (κ2) is 6.59. The first-order chi connectivity index (χ1) is 9.58. The minimum atomic E-state index is -0.236. The highest BCUT2D eigenvalue weighted by Crippen LogP contribution is 2.30. The highest BCUT2D eigenvalue weighted by atomic mass is 16.3. The number of rotatable bonds is 6. The van der Waals surface area contributed by atoms with Crippen LogP contribution in [0.25, 0.3) is 0 Å². The molecule has 0 aromatic heterocycles. The van der Waals surface area contributed by atoms with Gasteiger partial charge in [0.05, 0.1) is 12.1 Å². The van der Waals surface area contributed by atoms with Crippen molar-refractivity contribution in [3.8, 4) is 0 Å².